The largest absolute Gasteiger partial charge is 0.490 e. The zero-order valence-corrected chi connectivity index (χ0v) is 10.4. The van der Waals surface area contributed by atoms with Crippen LogP contribution < -0.4 is 15.4 Å². The van der Waals surface area contributed by atoms with Crippen LogP contribution in [0.2, 0.25) is 0 Å². The number of halogens is 1. The Bertz CT molecular complexity index is 405. The minimum Gasteiger partial charge on any atom is -0.490 e. The minimum atomic E-state index is -0.385. The Labute approximate surface area is 101 Å². The lowest BCUT2D eigenvalue weighted by molar-refractivity contribution is 0.301. The molecule has 0 aliphatic heterocycles. The highest BCUT2D eigenvalue weighted by Gasteiger charge is 2.28. The topological polar surface area (TPSA) is 38.5 Å². The fraction of sp³-hybridized carbons (Fsp3) is 0.538. The van der Waals surface area contributed by atoms with E-state index < -0.39 is 0 Å². The first-order valence-corrected chi connectivity index (χ1v) is 6.08. The van der Waals surface area contributed by atoms with Crippen LogP contribution in [0.1, 0.15) is 26.2 Å². The third-order valence-corrected chi connectivity index (χ3v) is 3.02. The average molecular weight is 238 g/mol. The molecule has 0 aromatic heterocycles. The van der Waals surface area contributed by atoms with Crippen LogP contribution in [0, 0.1) is 5.82 Å². The average Bonchev–Trinajstić information content (AvgIpc) is 3.11. The molecule has 0 saturated heterocycles. The second-order valence-electron chi connectivity index (χ2n) is 4.53. The van der Waals surface area contributed by atoms with Gasteiger partial charge in [-0.05, 0) is 19.3 Å². The van der Waals surface area contributed by atoms with Gasteiger partial charge in [0.2, 0.25) is 0 Å². The monoisotopic (exact) mass is 238 g/mol. The summed E-state index contributed by atoms with van der Waals surface area (Å²) >= 11 is 0. The molecule has 0 atom stereocenters. The van der Waals surface area contributed by atoms with Crippen molar-refractivity contribution < 1.29 is 9.13 Å². The van der Waals surface area contributed by atoms with E-state index in [1.165, 1.54) is 18.9 Å². The molecule has 0 radical (unpaired) electrons. The number of nitrogens with two attached hydrogens (primary N) is 1. The second kappa shape index (κ2) is 4.82. The lowest BCUT2D eigenvalue weighted by Gasteiger charge is -2.21. The Balaban J connectivity index is 2.24. The fourth-order valence-electron chi connectivity index (χ4n) is 1.84. The summed E-state index contributed by atoms with van der Waals surface area (Å²) in [6.45, 7) is 2.51. The van der Waals surface area contributed by atoms with E-state index >= 15 is 0 Å². The van der Waals surface area contributed by atoms with E-state index in [9.17, 15) is 4.39 Å². The van der Waals surface area contributed by atoms with Gasteiger partial charge in [-0.2, -0.15) is 0 Å². The van der Waals surface area contributed by atoms with Crippen molar-refractivity contribution in [2.24, 2.45) is 0 Å². The van der Waals surface area contributed by atoms with Crippen molar-refractivity contribution >= 4 is 11.4 Å². The summed E-state index contributed by atoms with van der Waals surface area (Å²) in [5, 5.41) is 0. The maximum absolute atomic E-state index is 13.6. The molecule has 17 heavy (non-hydrogen) atoms. The van der Waals surface area contributed by atoms with Crippen LogP contribution in [-0.2, 0) is 0 Å². The van der Waals surface area contributed by atoms with Gasteiger partial charge in [-0.25, -0.2) is 4.39 Å². The quantitative estimate of drug-likeness (QED) is 0.802. The predicted octanol–water partition coefficient (Wildman–Crippen LogP) is 2.80. The van der Waals surface area contributed by atoms with E-state index in [0.29, 0.717) is 24.1 Å². The maximum Gasteiger partial charge on any atom is 0.167 e. The number of ether oxygens (including phenoxy) is 1. The molecule has 0 heterocycles. The van der Waals surface area contributed by atoms with Crippen LogP contribution in [0.3, 0.4) is 0 Å². The third-order valence-electron chi connectivity index (χ3n) is 3.02. The molecule has 1 aliphatic rings. The lowest BCUT2D eigenvalue weighted by Crippen LogP contribution is -2.21. The van der Waals surface area contributed by atoms with E-state index in [1.807, 2.05) is 14.0 Å². The zero-order chi connectivity index (χ0) is 12.4. The molecule has 1 fully saturated rings. The standard InChI is InChI=1S/C13H19FN2O/c1-3-6-17-13-8-12(11(15)7-10(13)14)16(2)9-4-5-9/h7-9H,3-6,15H2,1-2H3. The molecule has 1 aliphatic carbocycles. The van der Waals surface area contributed by atoms with Crippen molar-refractivity contribution in [3.63, 3.8) is 0 Å². The van der Waals surface area contributed by atoms with Gasteiger partial charge in [0.15, 0.2) is 11.6 Å². The third kappa shape index (κ3) is 2.62. The van der Waals surface area contributed by atoms with Gasteiger partial charge in [-0.1, -0.05) is 6.92 Å². The van der Waals surface area contributed by atoms with E-state index in [4.69, 9.17) is 10.5 Å². The fourth-order valence-corrected chi connectivity index (χ4v) is 1.84. The molecular formula is C13H19FN2O. The highest BCUT2D eigenvalue weighted by molar-refractivity contribution is 5.70. The highest BCUT2D eigenvalue weighted by atomic mass is 19.1. The number of rotatable bonds is 5. The SMILES string of the molecule is CCCOc1cc(N(C)C2CC2)c(N)cc1F. The Kier molecular flexibility index (Phi) is 3.41. The van der Waals surface area contributed by atoms with Gasteiger partial charge in [0, 0.05) is 25.2 Å². The van der Waals surface area contributed by atoms with Crippen LogP contribution in [0.5, 0.6) is 5.75 Å². The molecule has 94 valence electrons. The molecule has 0 bridgehead atoms. The first kappa shape index (κ1) is 12.0. The van der Waals surface area contributed by atoms with E-state index in [2.05, 4.69) is 4.90 Å². The number of nitrogens with zero attached hydrogens (tertiary/aromatic N) is 1. The Morgan fingerprint density at radius 3 is 2.76 bits per heavy atom. The smallest absolute Gasteiger partial charge is 0.167 e. The number of anilines is 2. The second-order valence-corrected chi connectivity index (χ2v) is 4.53. The van der Waals surface area contributed by atoms with Gasteiger partial charge < -0.3 is 15.4 Å². The number of hydrogen-bond acceptors (Lipinski definition) is 3. The van der Waals surface area contributed by atoms with Crippen LogP contribution in [0.15, 0.2) is 12.1 Å². The minimum absolute atomic E-state index is 0.295. The van der Waals surface area contributed by atoms with Crippen LogP contribution in [0.25, 0.3) is 0 Å². The molecule has 4 heteroatoms. The van der Waals surface area contributed by atoms with E-state index in [0.717, 1.165) is 12.1 Å². The summed E-state index contributed by atoms with van der Waals surface area (Å²) in [5.74, 6) is -0.0903. The van der Waals surface area contributed by atoms with Crippen molar-refractivity contribution in [1.82, 2.24) is 0 Å². The Morgan fingerprint density at radius 2 is 2.18 bits per heavy atom. The van der Waals surface area contributed by atoms with Gasteiger partial charge >= 0.3 is 0 Å². The van der Waals surface area contributed by atoms with E-state index in [-0.39, 0.29) is 5.82 Å². The van der Waals surface area contributed by atoms with Gasteiger partial charge in [0.05, 0.1) is 18.0 Å². The molecule has 0 unspecified atom stereocenters. The molecule has 2 N–H and O–H groups in total. The molecule has 1 saturated carbocycles. The number of hydrogen-bond donors (Lipinski definition) is 1. The maximum atomic E-state index is 13.6. The summed E-state index contributed by atoms with van der Waals surface area (Å²) in [5.41, 5.74) is 7.18. The van der Waals surface area contributed by atoms with Crippen LogP contribution in [-0.4, -0.2) is 19.7 Å². The van der Waals surface area contributed by atoms with Crippen molar-refractivity contribution in [3.05, 3.63) is 17.9 Å². The van der Waals surface area contributed by atoms with Gasteiger partial charge in [0.25, 0.3) is 0 Å². The van der Waals surface area contributed by atoms with E-state index in [1.54, 1.807) is 6.07 Å². The zero-order valence-electron chi connectivity index (χ0n) is 10.4. The summed E-state index contributed by atoms with van der Waals surface area (Å²) in [6.07, 6.45) is 3.22. The lowest BCUT2D eigenvalue weighted by atomic mass is 10.2. The number of nitrogen functional groups attached to an aromatic ring is 1. The molecule has 0 amide bonds. The van der Waals surface area contributed by atoms with Crippen molar-refractivity contribution in [2.45, 2.75) is 32.2 Å². The first-order valence-electron chi connectivity index (χ1n) is 6.08. The number of benzene rings is 1. The summed E-state index contributed by atoms with van der Waals surface area (Å²) in [4.78, 5) is 2.10. The van der Waals surface area contributed by atoms with Gasteiger partial charge in [0.1, 0.15) is 0 Å². The molecular weight excluding hydrogens is 219 g/mol. The summed E-state index contributed by atoms with van der Waals surface area (Å²) < 4.78 is 19.0. The molecule has 1 aromatic carbocycles. The van der Waals surface area contributed by atoms with Crippen molar-refractivity contribution in [3.8, 4) is 5.75 Å². The predicted molar refractivity (Wildman–Crippen MR) is 68.0 cm³/mol. The first-order chi connectivity index (χ1) is 8.13. The molecule has 2 rings (SSSR count). The molecule has 0 spiro atoms. The normalized spacial score (nSPS) is 14.8. The summed E-state index contributed by atoms with van der Waals surface area (Å²) in [6, 6.07) is 3.60. The molecule has 3 nitrogen and oxygen atoms in total. The van der Waals surface area contributed by atoms with Crippen molar-refractivity contribution in [2.75, 3.05) is 24.3 Å². The van der Waals surface area contributed by atoms with Gasteiger partial charge in [-0.15, -0.1) is 0 Å². The Morgan fingerprint density at radius 1 is 1.47 bits per heavy atom. The van der Waals surface area contributed by atoms with Gasteiger partial charge in [-0.3, -0.25) is 0 Å². The summed E-state index contributed by atoms with van der Waals surface area (Å²) in [7, 11) is 1.99. The Hall–Kier alpha value is -1.45. The van der Waals surface area contributed by atoms with Crippen LogP contribution >= 0.6 is 0 Å². The van der Waals surface area contributed by atoms with Crippen molar-refractivity contribution in [1.29, 1.82) is 0 Å². The molecule has 1 aromatic rings. The highest BCUT2D eigenvalue weighted by Crippen LogP contribution is 2.36. The van der Waals surface area contributed by atoms with Crippen LogP contribution in [0.4, 0.5) is 15.8 Å².